The molecule has 1 aromatic carbocycles. The van der Waals surface area contributed by atoms with Crippen LogP contribution in [-0.2, 0) is 0 Å². The fourth-order valence-corrected chi connectivity index (χ4v) is 1.15. The summed E-state index contributed by atoms with van der Waals surface area (Å²) in [5.41, 5.74) is 0.0931. The van der Waals surface area contributed by atoms with Crippen molar-refractivity contribution in [3.8, 4) is 11.5 Å². The highest BCUT2D eigenvalue weighted by molar-refractivity contribution is 6.68. The third-order valence-corrected chi connectivity index (χ3v) is 1.86. The molecule has 0 aliphatic heterocycles. The van der Waals surface area contributed by atoms with Crippen molar-refractivity contribution in [3.63, 3.8) is 0 Å². The van der Waals surface area contributed by atoms with Crippen LogP contribution in [0.25, 0.3) is 0 Å². The molecule has 0 bridgehead atoms. The summed E-state index contributed by atoms with van der Waals surface area (Å²) in [6.07, 6.45) is 0.886. The van der Waals surface area contributed by atoms with E-state index in [2.05, 4.69) is 0 Å². The summed E-state index contributed by atoms with van der Waals surface area (Å²) in [7, 11) is 0. The van der Waals surface area contributed by atoms with Gasteiger partial charge in [0.15, 0.2) is 0 Å². The van der Waals surface area contributed by atoms with Crippen LogP contribution in [-0.4, -0.2) is 17.0 Å². The number of benzene rings is 1. The molecule has 0 unspecified atom stereocenters. The molecule has 0 amide bonds. The molecule has 0 aromatic heterocycles. The van der Waals surface area contributed by atoms with Gasteiger partial charge in [-0.25, -0.2) is 0 Å². The lowest BCUT2D eigenvalue weighted by Crippen LogP contribution is -1.96. The number of ether oxygens (including phenoxy) is 1. The molecule has 0 radical (unpaired) electrons. The van der Waals surface area contributed by atoms with Gasteiger partial charge < -0.3 is 9.84 Å². The van der Waals surface area contributed by atoms with Gasteiger partial charge in [0.2, 0.25) is 0 Å². The minimum atomic E-state index is -0.676. The first-order chi connectivity index (χ1) is 6.65. The van der Waals surface area contributed by atoms with Crippen LogP contribution in [0.4, 0.5) is 0 Å². The molecule has 4 heteroatoms. The first-order valence-electron chi connectivity index (χ1n) is 4.30. The maximum Gasteiger partial charge on any atom is 0.256 e. The van der Waals surface area contributed by atoms with Gasteiger partial charge in [0.25, 0.3) is 5.24 Å². The molecule has 0 heterocycles. The van der Waals surface area contributed by atoms with Crippen LogP contribution >= 0.6 is 11.6 Å². The topological polar surface area (TPSA) is 46.5 Å². The van der Waals surface area contributed by atoms with E-state index in [-0.39, 0.29) is 11.3 Å². The minimum absolute atomic E-state index is 0.0931. The summed E-state index contributed by atoms with van der Waals surface area (Å²) in [4.78, 5) is 10.8. The maximum atomic E-state index is 10.8. The Hall–Kier alpha value is -1.22. The summed E-state index contributed by atoms with van der Waals surface area (Å²) in [6.45, 7) is 2.56. The number of carbonyl (C=O) groups excluding carboxylic acids is 1. The second kappa shape index (κ2) is 4.86. The summed E-state index contributed by atoms with van der Waals surface area (Å²) >= 11 is 5.23. The number of phenolic OH excluding ortho intramolecular Hbond substituents is 1. The van der Waals surface area contributed by atoms with Gasteiger partial charge in [-0.3, -0.25) is 4.79 Å². The summed E-state index contributed by atoms with van der Waals surface area (Å²) in [5, 5.41) is 8.70. The van der Waals surface area contributed by atoms with Gasteiger partial charge in [0, 0.05) is 6.07 Å². The summed E-state index contributed by atoms with van der Waals surface area (Å²) in [6, 6.07) is 4.42. The van der Waals surface area contributed by atoms with Gasteiger partial charge in [0.05, 0.1) is 12.2 Å². The third-order valence-electron chi connectivity index (χ3n) is 1.65. The second-order valence-electron chi connectivity index (χ2n) is 2.80. The average molecular weight is 215 g/mol. The molecule has 14 heavy (non-hydrogen) atoms. The molecule has 0 spiro atoms. The van der Waals surface area contributed by atoms with Crippen LogP contribution in [0, 0.1) is 0 Å². The predicted octanol–water partition coefficient (Wildman–Crippen LogP) is 2.56. The van der Waals surface area contributed by atoms with Crippen molar-refractivity contribution >= 4 is 16.8 Å². The van der Waals surface area contributed by atoms with Crippen LogP contribution < -0.4 is 4.74 Å². The van der Waals surface area contributed by atoms with Crippen molar-refractivity contribution in [3.05, 3.63) is 23.8 Å². The van der Waals surface area contributed by atoms with E-state index in [0.717, 1.165) is 6.42 Å². The third kappa shape index (κ3) is 2.64. The standard InChI is InChI=1S/C10H11ClO3/c1-2-5-14-7-3-4-8(10(11)13)9(12)6-7/h3-4,6,12H,2,5H2,1H3. The van der Waals surface area contributed by atoms with E-state index < -0.39 is 5.24 Å². The van der Waals surface area contributed by atoms with E-state index in [1.807, 2.05) is 6.92 Å². The Morgan fingerprint density at radius 3 is 2.79 bits per heavy atom. The van der Waals surface area contributed by atoms with Gasteiger partial charge in [-0.15, -0.1) is 0 Å². The van der Waals surface area contributed by atoms with Crippen molar-refractivity contribution < 1.29 is 14.6 Å². The molecule has 1 N–H and O–H groups in total. The number of carbonyl (C=O) groups is 1. The Labute approximate surface area is 87.3 Å². The zero-order chi connectivity index (χ0) is 10.6. The van der Waals surface area contributed by atoms with E-state index in [4.69, 9.17) is 16.3 Å². The van der Waals surface area contributed by atoms with Crippen LogP contribution in [0.1, 0.15) is 23.7 Å². The van der Waals surface area contributed by atoms with E-state index >= 15 is 0 Å². The van der Waals surface area contributed by atoms with Crippen LogP contribution in [0.3, 0.4) is 0 Å². The molecular formula is C10H11ClO3. The van der Waals surface area contributed by atoms with Crippen LogP contribution in [0.15, 0.2) is 18.2 Å². The molecule has 0 atom stereocenters. The second-order valence-corrected chi connectivity index (χ2v) is 3.14. The molecule has 1 rings (SSSR count). The predicted molar refractivity (Wildman–Crippen MR) is 54.1 cm³/mol. The van der Waals surface area contributed by atoms with Gasteiger partial charge in [0.1, 0.15) is 11.5 Å². The molecule has 0 aliphatic carbocycles. The minimum Gasteiger partial charge on any atom is -0.507 e. The molecule has 0 fully saturated rings. The zero-order valence-electron chi connectivity index (χ0n) is 7.79. The van der Waals surface area contributed by atoms with Crippen molar-refractivity contribution in [2.24, 2.45) is 0 Å². The first-order valence-corrected chi connectivity index (χ1v) is 4.68. The highest BCUT2D eigenvalue weighted by atomic mass is 35.5. The number of hydrogen-bond donors (Lipinski definition) is 1. The molecule has 0 saturated heterocycles. The van der Waals surface area contributed by atoms with Crippen molar-refractivity contribution in [2.45, 2.75) is 13.3 Å². The average Bonchev–Trinajstić information content (AvgIpc) is 2.14. The Kier molecular flexibility index (Phi) is 3.77. The molecule has 76 valence electrons. The highest BCUT2D eigenvalue weighted by Gasteiger charge is 2.08. The Morgan fingerprint density at radius 1 is 1.57 bits per heavy atom. The Bertz CT molecular complexity index is 336. The lowest BCUT2D eigenvalue weighted by Gasteiger charge is -2.05. The number of phenols is 1. The number of hydrogen-bond acceptors (Lipinski definition) is 3. The molecule has 0 saturated carbocycles. The van der Waals surface area contributed by atoms with Crippen LogP contribution in [0.5, 0.6) is 11.5 Å². The smallest absolute Gasteiger partial charge is 0.256 e. The first kappa shape index (κ1) is 10.9. The number of halogens is 1. The monoisotopic (exact) mass is 214 g/mol. The highest BCUT2D eigenvalue weighted by Crippen LogP contribution is 2.24. The summed E-state index contributed by atoms with van der Waals surface area (Å²) < 4.78 is 5.26. The van der Waals surface area contributed by atoms with Gasteiger partial charge >= 0.3 is 0 Å². The van der Waals surface area contributed by atoms with Gasteiger partial charge in [-0.2, -0.15) is 0 Å². The SMILES string of the molecule is CCCOc1ccc(C(=O)Cl)c(O)c1. The Balaban J connectivity index is 2.83. The molecule has 3 nitrogen and oxygen atoms in total. The summed E-state index contributed by atoms with van der Waals surface area (Å²) in [5.74, 6) is 0.379. The number of aromatic hydroxyl groups is 1. The normalized spacial score (nSPS) is 9.86. The largest absolute Gasteiger partial charge is 0.507 e. The zero-order valence-corrected chi connectivity index (χ0v) is 8.54. The van der Waals surface area contributed by atoms with E-state index in [1.165, 1.54) is 12.1 Å². The molecular weight excluding hydrogens is 204 g/mol. The van der Waals surface area contributed by atoms with Crippen molar-refractivity contribution in [1.29, 1.82) is 0 Å². The van der Waals surface area contributed by atoms with E-state index in [9.17, 15) is 9.90 Å². The van der Waals surface area contributed by atoms with Gasteiger partial charge in [-0.05, 0) is 30.2 Å². The molecule has 0 aliphatic rings. The van der Waals surface area contributed by atoms with E-state index in [0.29, 0.717) is 12.4 Å². The van der Waals surface area contributed by atoms with E-state index in [1.54, 1.807) is 6.07 Å². The van der Waals surface area contributed by atoms with Crippen LogP contribution in [0.2, 0.25) is 0 Å². The van der Waals surface area contributed by atoms with Crippen molar-refractivity contribution in [2.75, 3.05) is 6.61 Å². The van der Waals surface area contributed by atoms with Crippen molar-refractivity contribution in [1.82, 2.24) is 0 Å². The van der Waals surface area contributed by atoms with Gasteiger partial charge in [-0.1, -0.05) is 6.92 Å². The lowest BCUT2D eigenvalue weighted by molar-refractivity contribution is 0.107. The maximum absolute atomic E-state index is 10.8. The fourth-order valence-electron chi connectivity index (χ4n) is 0.987. The Morgan fingerprint density at radius 2 is 2.29 bits per heavy atom. The fraction of sp³-hybridized carbons (Fsp3) is 0.300. The molecule has 1 aromatic rings. The number of rotatable bonds is 4. The quantitative estimate of drug-likeness (QED) is 0.784. The lowest BCUT2D eigenvalue weighted by atomic mass is 10.2.